The summed E-state index contributed by atoms with van der Waals surface area (Å²) >= 11 is 26.8. The first kappa shape index (κ1) is 67.4. The molecule has 18 nitrogen and oxygen atoms in total. The molecule has 2 aliphatic rings. The molecule has 0 N–H and O–H groups in total. The fraction of sp³-hybridized carbons (Fsp3) is 0.0244. The van der Waals surface area contributed by atoms with Crippen LogP contribution in [0.15, 0.2) is 243 Å². The molecule has 0 fully saturated rings. The number of rotatable bonds is 14. The Morgan fingerprint density at radius 1 is 0.396 bits per heavy atom. The molecule has 14 aromatic rings. The number of nitrogens with zero attached hydrogens (tertiary/aromatic N) is 10. The van der Waals surface area contributed by atoms with Gasteiger partial charge in [-0.15, -0.1) is 0 Å². The minimum atomic E-state index is -0.878. The van der Waals surface area contributed by atoms with Crippen molar-refractivity contribution in [1.82, 2.24) is 38.7 Å². The Bertz CT molecular complexity index is 5890. The minimum Gasteiger partial charge on any atom is -0.423 e. The van der Waals surface area contributed by atoms with Crippen LogP contribution in [0.5, 0.6) is 11.5 Å². The fourth-order valence-electron chi connectivity index (χ4n) is 13.9. The van der Waals surface area contributed by atoms with Crippen LogP contribution in [0.4, 0.5) is 0 Å². The van der Waals surface area contributed by atoms with E-state index in [4.69, 9.17) is 75.8 Å². The van der Waals surface area contributed by atoms with Crippen LogP contribution in [0, 0.1) is 22.7 Å². The van der Waals surface area contributed by atoms with Crippen LogP contribution >= 0.6 is 46.4 Å². The lowest BCUT2D eigenvalue weighted by atomic mass is 9.50. The Morgan fingerprint density at radius 2 is 0.708 bits per heavy atom. The number of hydrogen-bond acceptors (Lipinski definition) is 14. The lowest BCUT2D eigenvalue weighted by Gasteiger charge is -2.24. The molecule has 4 amide bonds. The number of fused-ring (bicyclic) bond motifs is 5. The summed E-state index contributed by atoms with van der Waals surface area (Å²) in [6.45, 7) is -1.76. The number of nitriles is 2. The van der Waals surface area contributed by atoms with E-state index in [2.05, 4.69) is 21.1 Å². The summed E-state index contributed by atoms with van der Waals surface area (Å²) < 4.78 is 16.4. The van der Waals surface area contributed by atoms with E-state index in [-0.39, 0.29) is 98.2 Å². The molecule has 0 saturated carbocycles. The molecular weight excluding hydrogens is 1420 g/mol. The van der Waals surface area contributed by atoms with E-state index in [9.17, 15) is 39.3 Å². The van der Waals surface area contributed by atoms with Gasteiger partial charge in [-0.2, -0.15) is 10.5 Å². The zero-order valence-corrected chi connectivity index (χ0v) is 58.5. The van der Waals surface area contributed by atoms with Crippen LogP contribution in [-0.2, 0) is 0 Å². The zero-order chi connectivity index (χ0) is 73.3. The minimum absolute atomic E-state index is 0.0105. The quantitative estimate of drug-likeness (QED) is 0.0426. The molecule has 4 aromatic heterocycles. The van der Waals surface area contributed by atoms with Gasteiger partial charge in [-0.3, -0.25) is 38.9 Å². The number of aromatic nitrogens is 6. The number of benzene rings is 10. The van der Waals surface area contributed by atoms with Gasteiger partial charge in [-0.05, 0) is 120 Å². The van der Waals surface area contributed by atoms with E-state index >= 15 is 0 Å². The Balaban J connectivity index is 1.08. The normalized spacial score (nSPS) is 13.0. The highest BCUT2D eigenvalue weighted by atomic mass is 35.5. The topological polar surface area (TPSA) is 236 Å². The monoisotopic (exact) mass is 1460 g/mol. The number of halogens is 4. The Hall–Kier alpha value is -13.1. The van der Waals surface area contributed by atoms with Gasteiger partial charge in [-0.1, -0.05) is 190 Å². The van der Waals surface area contributed by atoms with Crippen molar-refractivity contribution in [2.75, 3.05) is 14.1 Å². The Morgan fingerprint density at radius 3 is 1.03 bits per heavy atom. The summed E-state index contributed by atoms with van der Waals surface area (Å²) in [5, 5.41) is 27.3. The average molecular weight is 1460 g/mol. The molecule has 2 aliphatic heterocycles. The zero-order valence-electron chi connectivity index (χ0n) is 55.5. The molecule has 0 aliphatic carbocycles. The molecule has 0 spiro atoms. The number of imide groups is 2. The van der Waals surface area contributed by atoms with E-state index in [1.165, 1.54) is 62.9 Å². The van der Waals surface area contributed by atoms with E-state index in [0.29, 0.717) is 55.4 Å². The number of ether oxygens (including phenoxy) is 2. The second-order valence-corrected chi connectivity index (χ2v) is 26.6. The van der Waals surface area contributed by atoms with Crippen LogP contribution in [0.3, 0.4) is 0 Å². The average Bonchev–Trinajstić information content (AvgIpc) is 1.52. The van der Waals surface area contributed by atoms with Gasteiger partial charge in [0.1, 0.15) is 46.2 Å². The summed E-state index contributed by atoms with van der Waals surface area (Å²) in [5.74, 6) is -3.62. The Labute approximate surface area is 623 Å². The van der Waals surface area contributed by atoms with Crippen molar-refractivity contribution in [2.24, 2.45) is 0 Å². The van der Waals surface area contributed by atoms with Crippen LogP contribution in [0.2, 0.25) is 20.1 Å². The number of hydrogen-bond donors (Lipinski definition) is 0. The van der Waals surface area contributed by atoms with Crippen LogP contribution < -0.4 is 42.0 Å². The third kappa shape index (κ3) is 11.7. The lowest BCUT2D eigenvalue weighted by Crippen LogP contribution is -2.54. The molecule has 0 bridgehead atoms. The van der Waals surface area contributed by atoms with Gasteiger partial charge >= 0.3 is 25.6 Å². The maximum Gasteiger partial charge on any atom is 0.343 e. The summed E-state index contributed by atoms with van der Waals surface area (Å²) in [7, 11) is 2.73. The number of amides is 4. The summed E-state index contributed by atoms with van der Waals surface area (Å²) in [6.07, 6.45) is 2.98. The van der Waals surface area contributed by atoms with Gasteiger partial charge in [-0.25, -0.2) is 19.6 Å². The Kier molecular flexibility index (Phi) is 17.3. The second kappa shape index (κ2) is 27.3. The smallest absolute Gasteiger partial charge is 0.343 e. The first-order valence-electron chi connectivity index (χ1n) is 32.9. The molecule has 0 atom stereocenters. The maximum atomic E-state index is 14.3. The number of carbonyl (C=O) groups is 6. The van der Waals surface area contributed by atoms with Crippen molar-refractivity contribution in [1.29, 1.82) is 10.5 Å². The van der Waals surface area contributed by atoms with E-state index < -0.39 is 49.3 Å². The first-order valence-corrected chi connectivity index (χ1v) is 34.4. The van der Waals surface area contributed by atoms with E-state index in [0.717, 1.165) is 31.7 Å². The highest BCUT2D eigenvalue weighted by molar-refractivity contribution is 6.85. The SMILES string of the molecule is CN1C(=O)c2ccc(C(=O)Oc3ccc(-c4c5/c(=C(\C#N)c6cnc7cc(Cl)c(Cl)cc7n6)n(B(c6ccccc6)c6ccccc6)c(-c6ccc(OC(=O)c7ccc8c(c7)C(=O)N(C)C8=O)cc6)c5/c(=C(\C#N)c5cnc6cc(Cl)c(Cl)cc6n5)n4B(c4ccccc4)c4ccccc4)cc3)cc2C1=O. The molecule has 6 heterocycles. The van der Waals surface area contributed by atoms with Crippen molar-refractivity contribution in [3.05, 3.63) is 318 Å². The highest BCUT2D eigenvalue weighted by Crippen LogP contribution is 2.39. The molecule has 0 saturated heterocycles. The largest absolute Gasteiger partial charge is 0.423 e. The summed E-state index contributed by atoms with van der Waals surface area (Å²) in [4.78, 5) is 103. The van der Waals surface area contributed by atoms with Crippen molar-refractivity contribution >= 4 is 162 Å². The predicted octanol–water partition coefficient (Wildman–Crippen LogP) is 11.9. The molecule has 24 heteroatoms. The standard InChI is InChI=1S/C82H46B2Cl4N10O8/c1-95-77(99)55-33-27-47(35-57(55)79(95)101)81(103)105-53-29-23-45(24-30-53)73-71-72(76(60(42-90)70-44-92-66-38-62(86)64(88)40-68(66)94-70)97(73)83(49-15-7-3-8-16-49)50-17-9-4-10-18-50)74(46-25-31-54(32-26-46)106-82(104)48-28-34-56-58(36-48)80(102)96(2)78(56)100)98(84(51-19-11-5-12-20-51)52-21-13-6-14-22-52)75(71)59(41-89)69-43-91-65-37-61(85)63(87)39-67(65)93-69/h3-40,43-44H,1-2H3/b75-59-,76-60-. The van der Waals surface area contributed by atoms with Crippen LogP contribution in [-0.4, -0.2) is 102 Å². The molecule has 506 valence electrons. The first-order chi connectivity index (χ1) is 51.5. The van der Waals surface area contributed by atoms with Crippen LogP contribution in [0.25, 0.3) is 66.5 Å². The molecule has 0 radical (unpaired) electrons. The van der Waals surface area contributed by atoms with Crippen molar-refractivity contribution < 1.29 is 38.2 Å². The van der Waals surface area contributed by atoms with Gasteiger partial charge in [0, 0.05) is 36.3 Å². The lowest BCUT2D eigenvalue weighted by molar-refractivity contribution is 0.0677. The van der Waals surface area contributed by atoms with Crippen LogP contribution in [0.1, 0.15) is 73.5 Å². The summed E-state index contributed by atoms with van der Waals surface area (Å²) in [5.41, 5.74) is 6.64. The number of esters is 2. The van der Waals surface area contributed by atoms with Crippen molar-refractivity contribution in [2.45, 2.75) is 0 Å². The van der Waals surface area contributed by atoms with E-state index in [1.54, 1.807) is 72.8 Å². The highest BCUT2D eigenvalue weighted by Gasteiger charge is 2.39. The van der Waals surface area contributed by atoms with E-state index in [1.807, 2.05) is 121 Å². The van der Waals surface area contributed by atoms with Gasteiger partial charge < -0.3 is 18.4 Å². The van der Waals surface area contributed by atoms with Crippen molar-refractivity contribution in [3.63, 3.8) is 0 Å². The third-order valence-electron chi connectivity index (χ3n) is 18.8. The predicted molar refractivity (Wildman–Crippen MR) is 408 cm³/mol. The van der Waals surface area contributed by atoms with Crippen molar-refractivity contribution in [3.8, 4) is 46.2 Å². The molecule has 16 rings (SSSR count). The molecule has 0 unspecified atom stereocenters. The maximum absolute atomic E-state index is 14.3. The van der Waals surface area contributed by atoms with Gasteiger partial charge in [0.2, 0.25) is 0 Å². The number of carbonyl (C=O) groups excluding carboxylic acids is 6. The molecular formula is C82H46B2Cl4N10O8. The fourth-order valence-corrected chi connectivity index (χ4v) is 14.5. The second-order valence-electron chi connectivity index (χ2n) is 25.0. The third-order valence-corrected chi connectivity index (χ3v) is 20.3. The summed E-state index contributed by atoms with van der Waals surface area (Å²) in [6, 6.07) is 72.1. The molecule has 10 aromatic carbocycles. The van der Waals surface area contributed by atoms with Gasteiger partial charge in [0.15, 0.2) is 0 Å². The molecule has 106 heavy (non-hydrogen) atoms. The van der Waals surface area contributed by atoms with Gasteiger partial charge in [0.05, 0.1) is 98.6 Å². The van der Waals surface area contributed by atoms with Gasteiger partial charge in [0.25, 0.3) is 23.6 Å².